The van der Waals surface area contributed by atoms with Crippen LogP contribution in [0.15, 0.2) is 18.2 Å². The Hall–Kier alpha value is -2.01. The van der Waals surface area contributed by atoms with Crippen molar-refractivity contribution in [3.8, 4) is 5.75 Å². The van der Waals surface area contributed by atoms with E-state index in [1.54, 1.807) is 12.1 Å². The molecule has 1 aromatic rings. The van der Waals surface area contributed by atoms with Crippen molar-refractivity contribution in [1.29, 1.82) is 0 Å². The van der Waals surface area contributed by atoms with Crippen LogP contribution >= 0.6 is 0 Å². The lowest BCUT2D eigenvalue weighted by molar-refractivity contribution is -0.134. The van der Waals surface area contributed by atoms with Crippen molar-refractivity contribution < 1.29 is 24.2 Å². The van der Waals surface area contributed by atoms with Crippen molar-refractivity contribution in [2.24, 2.45) is 29.1 Å². The molecule has 1 N–H and O–H groups in total. The summed E-state index contributed by atoms with van der Waals surface area (Å²) < 4.78 is 6.46. The first-order chi connectivity index (χ1) is 13.3. The number of rotatable bonds is 2. The number of carbonyl (C=O) groups is 3. The Balaban J connectivity index is 1.49. The molecule has 3 saturated carbocycles. The quantitative estimate of drug-likeness (QED) is 0.846. The van der Waals surface area contributed by atoms with E-state index in [1.807, 2.05) is 0 Å². The van der Waals surface area contributed by atoms with Gasteiger partial charge in [0.25, 0.3) is 0 Å². The summed E-state index contributed by atoms with van der Waals surface area (Å²) in [6.07, 6.45) is 3.03. The Morgan fingerprint density at radius 3 is 2.50 bits per heavy atom. The van der Waals surface area contributed by atoms with Gasteiger partial charge in [-0.25, -0.2) is 0 Å². The maximum absolute atomic E-state index is 13.3. The van der Waals surface area contributed by atoms with Gasteiger partial charge in [-0.3, -0.25) is 14.4 Å². The smallest absolute Gasteiger partial charge is 0.173 e. The molecule has 0 radical (unpaired) electrons. The van der Waals surface area contributed by atoms with Gasteiger partial charge in [0.15, 0.2) is 11.6 Å². The zero-order chi connectivity index (χ0) is 19.8. The van der Waals surface area contributed by atoms with E-state index >= 15 is 0 Å². The largest absolute Gasteiger partial charge is 0.507 e. The number of carbonyl (C=O) groups excluding carboxylic acids is 3. The molecule has 5 nitrogen and oxygen atoms in total. The molecule has 5 rings (SSSR count). The van der Waals surface area contributed by atoms with Crippen molar-refractivity contribution >= 4 is 17.3 Å². The highest BCUT2D eigenvalue weighted by molar-refractivity contribution is 6.18. The van der Waals surface area contributed by atoms with Crippen LogP contribution in [0.3, 0.4) is 0 Å². The van der Waals surface area contributed by atoms with Crippen molar-refractivity contribution in [3.63, 3.8) is 0 Å². The van der Waals surface area contributed by atoms with Gasteiger partial charge in [-0.2, -0.15) is 0 Å². The zero-order valence-corrected chi connectivity index (χ0v) is 16.3. The summed E-state index contributed by atoms with van der Waals surface area (Å²) in [6.45, 7) is 4.58. The van der Waals surface area contributed by atoms with E-state index in [-0.39, 0.29) is 58.6 Å². The minimum Gasteiger partial charge on any atom is -0.507 e. The average molecular weight is 382 g/mol. The second-order valence-corrected chi connectivity index (χ2v) is 9.66. The number of benzene rings is 1. The second-order valence-electron chi connectivity index (χ2n) is 9.66. The van der Waals surface area contributed by atoms with Crippen LogP contribution in [0, 0.1) is 29.1 Å². The van der Waals surface area contributed by atoms with E-state index in [4.69, 9.17) is 4.74 Å². The molecular formula is C23H26O5. The fraction of sp³-hybridized carbons (Fsp3) is 0.609. The molecule has 28 heavy (non-hydrogen) atoms. The van der Waals surface area contributed by atoms with Crippen LogP contribution in [0.4, 0.5) is 0 Å². The monoisotopic (exact) mass is 382 g/mol. The van der Waals surface area contributed by atoms with Gasteiger partial charge in [0, 0.05) is 24.3 Å². The molecule has 148 valence electrons. The summed E-state index contributed by atoms with van der Waals surface area (Å²) in [5, 5.41) is 10.2. The van der Waals surface area contributed by atoms with E-state index in [9.17, 15) is 19.5 Å². The lowest BCUT2D eigenvalue weighted by atomic mass is 9.65. The maximum atomic E-state index is 13.3. The van der Waals surface area contributed by atoms with E-state index in [0.29, 0.717) is 11.8 Å². The molecule has 0 saturated heterocycles. The number of aromatic hydroxyl groups is 1. The first-order valence-electron chi connectivity index (χ1n) is 10.4. The molecule has 0 spiro atoms. The number of Topliss-reactive ketones (excluding diaryl/α,β-unsaturated/α-hetero) is 3. The van der Waals surface area contributed by atoms with Gasteiger partial charge in [-0.15, -0.1) is 0 Å². The number of hydrogen-bond donors (Lipinski definition) is 1. The van der Waals surface area contributed by atoms with E-state index in [0.717, 1.165) is 12.8 Å². The first-order valence-corrected chi connectivity index (χ1v) is 10.4. The fourth-order valence-electron chi connectivity index (χ4n) is 6.51. The zero-order valence-electron chi connectivity index (χ0n) is 16.3. The van der Waals surface area contributed by atoms with Gasteiger partial charge in [0.1, 0.15) is 11.5 Å². The van der Waals surface area contributed by atoms with Gasteiger partial charge in [-0.05, 0) is 42.6 Å². The minimum absolute atomic E-state index is 0.0154. The predicted molar refractivity (Wildman–Crippen MR) is 101 cm³/mol. The predicted octanol–water partition coefficient (Wildman–Crippen LogP) is 3.58. The third-order valence-electron chi connectivity index (χ3n) is 8.05. The highest BCUT2D eigenvalue weighted by atomic mass is 16.5. The van der Waals surface area contributed by atoms with Crippen LogP contribution in [-0.2, 0) is 9.53 Å². The van der Waals surface area contributed by atoms with Crippen molar-refractivity contribution in [2.45, 2.75) is 58.2 Å². The van der Waals surface area contributed by atoms with E-state index < -0.39 is 17.9 Å². The number of hydrogen-bond acceptors (Lipinski definition) is 5. The summed E-state index contributed by atoms with van der Waals surface area (Å²) in [4.78, 5) is 38.8. The number of phenolic OH excluding ortho intramolecular Hbond substituents is 1. The molecule has 4 aliphatic rings. The normalized spacial score (nSPS) is 38.4. The Morgan fingerprint density at radius 1 is 1.04 bits per heavy atom. The Kier molecular flexibility index (Phi) is 3.86. The molecule has 1 aromatic carbocycles. The lowest BCUT2D eigenvalue weighted by Gasteiger charge is -2.41. The molecule has 0 aliphatic heterocycles. The SMILES string of the molecule is CC1(C)[C@H]2CC[C@H]1[C@H](O[C@@H]1CC(=O)C[C@@H]3C(=O)c4cccc(O)c4C(=O)[C@@H]31)C2. The van der Waals surface area contributed by atoms with E-state index in [2.05, 4.69) is 13.8 Å². The summed E-state index contributed by atoms with van der Waals surface area (Å²) in [7, 11) is 0. The van der Waals surface area contributed by atoms with Crippen LogP contribution in [-0.4, -0.2) is 34.7 Å². The molecule has 4 aliphatic carbocycles. The van der Waals surface area contributed by atoms with Crippen LogP contribution < -0.4 is 0 Å². The summed E-state index contributed by atoms with van der Waals surface area (Å²) in [5.41, 5.74) is 0.561. The van der Waals surface area contributed by atoms with Gasteiger partial charge < -0.3 is 9.84 Å². The number of fused-ring (bicyclic) bond motifs is 4. The molecule has 0 heterocycles. The number of ketones is 3. The summed E-state index contributed by atoms with van der Waals surface area (Å²) >= 11 is 0. The molecule has 0 unspecified atom stereocenters. The maximum Gasteiger partial charge on any atom is 0.173 e. The standard InChI is InChI=1S/C23H26O5/c1-23(2)11-6-7-15(23)17(8-11)28-18-10-12(24)9-14-20(18)22(27)19-13(21(14)26)4-3-5-16(19)25/h3-5,11,14-15,17-18,20,25H,6-10H2,1-2H3/t11-,14-,15-,17+,18+,20-/m0/s1. The molecule has 0 amide bonds. The van der Waals surface area contributed by atoms with Crippen molar-refractivity contribution in [2.75, 3.05) is 0 Å². The minimum atomic E-state index is -0.673. The van der Waals surface area contributed by atoms with Crippen molar-refractivity contribution in [1.82, 2.24) is 0 Å². The van der Waals surface area contributed by atoms with Gasteiger partial charge in [0.05, 0.1) is 23.7 Å². The van der Waals surface area contributed by atoms with Gasteiger partial charge in [0.2, 0.25) is 0 Å². The topological polar surface area (TPSA) is 80.7 Å². The third kappa shape index (κ3) is 2.38. The Bertz CT molecular complexity index is 885. The third-order valence-corrected chi connectivity index (χ3v) is 8.05. The molecule has 6 atom stereocenters. The lowest BCUT2D eigenvalue weighted by Crippen LogP contribution is -2.50. The number of ether oxygens (including phenoxy) is 1. The highest BCUT2D eigenvalue weighted by Crippen LogP contribution is 2.59. The van der Waals surface area contributed by atoms with Gasteiger partial charge >= 0.3 is 0 Å². The average Bonchev–Trinajstić information content (AvgIpc) is 3.05. The van der Waals surface area contributed by atoms with Crippen molar-refractivity contribution in [3.05, 3.63) is 29.3 Å². The molecule has 2 bridgehead atoms. The van der Waals surface area contributed by atoms with E-state index in [1.165, 1.54) is 12.5 Å². The molecule has 0 aromatic heterocycles. The summed E-state index contributed by atoms with van der Waals surface area (Å²) in [6, 6.07) is 4.57. The van der Waals surface area contributed by atoms with Crippen LogP contribution in [0.1, 0.15) is 66.7 Å². The Morgan fingerprint density at radius 2 is 1.82 bits per heavy atom. The number of phenols is 1. The fourth-order valence-corrected chi connectivity index (χ4v) is 6.51. The molecular weight excluding hydrogens is 356 g/mol. The first kappa shape index (κ1) is 18.0. The molecule has 5 heteroatoms. The highest BCUT2D eigenvalue weighted by Gasteiger charge is 2.56. The molecule has 3 fully saturated rings. The van der Waals surface area contributed by atoms with Crippen LogP contribution in [0.2, 0.25) is 0 Å². The van der Waals surface area contributed by atoms with Gasteiger partial charge in [-0.1, -0.05) is 26.0 Å². The Labute approximate surface area is 164 Å². The van der Waals surface area contributed by atoms with Crippen LogP contribution in [0.25, 0.3) is 0 Å². The summed E-state index contributed by atoms with van der Waals surface area (Å²) in [5.74, 6) is -0.936. The second kappa shape index (κ2) is 5.99. The van der Waals surface area contributed by atoms with Crippen LogP contribution in [0.5, 0.6) is 5.75 Å².